The second-order valence-corrected chi connectivity index (χ2v) is 8.19. The summed E-state index contributed by atoms with van der Waals surface area (Å²) >= 11 is 1.47. The van der Waals surface area contributed by atoms with Crippen LogP contribution in [-0.4, -0.2) is 51.0 Å². The summed E-state index contributed by atoms with van der Waals surface area (Å²) < 4.78 is 23.1. The molecule has 2 heterocycles. The van der Waals surface area contributed by atoms with Crippen LogP contribution in [0.4, 0.5) is 5.13 Å². The van der Waals surface area contributed by atoms with Crippen LogP contribution in [-0.2, 0) is 4.74 Å². The molecule has 1 aliphatic heterocycles. The maximum atomic E-state index is 13.6. The van der Waals surface area contributed by atoms with Crippen molar-refractivity contribution in [2.24, 2.45) is 0 Å². The van der Waals surface area contributed by atoms with E-state index < -0.39 is 0 Å². The van der Waals surface area contributed by atoms with E-state index in [4.69, 9.17) is 23.9 Å². The average Bonchev–Trinajstić information content (AvgIpc) is 3.46. The van der Waals surface area contributed by atoms with Crippen molar-refractivity contribution in [3.8, 4) is 17.2 Å². The molecular weight excluding hydrogens is 416 g/mol. The largest absolute Gasteiger partial charge is 0.494 e. The van der Waals surface area contributed by atoms with Gasteiger partial charge >= 0.3 is 0 Å². The van der Waals surface area contributed by atoms with E-state index in [0.29, 0.717) is 35.3 Å². The molecule has 1 aromatic heterocycles. The monoisotopic (exact) mass is 442 g/mol. The number of thiazole rings is 1. The number of rotatable bonds is 8. The summed E-state index contributed by atoms with van der Waals surface area (Å²) in [7, 11) is 3.13. The van der Waals surface area contributed by atoms with Gasteiger partial charge in [0.05, 0.1) is 43.7 Å². The van der Waals surface area contributed by atoms with E-state index in [9.17, 15) is 4.79 Å². The highest BCUT2D eigenvalue weighted by molar-refractivity contribution is 7.22. The van der Waals surface area contributed by atoms with Gasteiger partial charge in [0.15, 0.2) is 16.6 Å². The lowest BCUT2D eigenvalue weighted by atomic mass is 10.1. The van der Waals surface area contributed by atoms with Crippen LogP contribution in [0.5, 0.6) is 17.2 Å². The van der Waals surface area contributed by atoms with E-state index in [1.165, 1.54) is 11.3 Å². The zero-order chi connectivity index (χ0) is 21.8. The molecule has 3 aromatic rings. The highest BCUT2D eigenvalue weighted by Crippen LogP contribution is 2.34. The van der Waals surface area contributed by atoms with Gasteiger partial charge in [-0.2, -0.15) is 0 Å². The van der Waals surface area contributed by atoms with Crippen LogP contribution in [0, 0.1) is 0 Å². The fourth-order valence-electron chi connectivity index (χ4n) is 3.63. The Bertz CT molecular complexity index is 1060. The first kappa shape index (κ1) is 21.4. The van der Waals surface area contributed by atoms with Crippen LogP contribution < -0.4 is 19.1 Å². The number of fused-ring (bicyclic) bond motifs is 1. The van der Waals surface area contributed by atoms with E-state index in [0.717, 1.165) is 35.4 Å². The summed E-state index contributed by atoms with van der Waals surface area (Å²) in [5.41, 5.74) is 1.34. The summed E-state index contributed by atoms with van der Waals surface area (Å²) in [5.74, 6) is 1.73. The first-order chi connectivity index (χ1) is 15.1. The van der Waals surface area contributed by atoms with Crippen molar-refractivity contribution in [1.82, 2.24) is 4.98 Å². The molecular formula is C23H26N2O5S. The fraction of sp³-hybridized carbons (Fsp3) is 0.391. The Kier molecular flexibility index (Phi) is 6.58. The second kappa shape index (κ2) is 9.53. The topological polar surface area (TPSA) is 70.1 Å². The number of aromatic nitrogens is 1. The molecule has 4 rings (SSSR count). The smallest absolute Gasteiger partial charge is 0.260 e. The first-order valence-corrected chi connectivity index (χ1v) is 11.1. The summed E-state index contributed by atoms with van der Waals surface area (Å²) in [6, 6.07) is 11.0. The van der Waals surface area contributed by atoms with Crippen LogP contribution in [0.25, 0.3) is 10.2 Å². The Hall–Kier alpha value is -2.84. The lowest BCUT2D eigenvalue weighted by molar-refractivity contribution is 0.0917. The van der Waals surface area contributed by atoms with Gasteiger partial charge in [-0.25, -0.2) is 4.98 Å². The SMILES string of the molecule is CCOc1ccc2nc(N(CC3CCCO3)C(=O)c3ccc(OC)c(OC)c3)sc2c1. The molecule has 2 aromatic carbocycles. The molecule has 1 fully saturated rings. The van der Waals surface area contributed by atoms with Gasteiger partial charge in [0.1, 0.15) is 5.75 Å². The first-order valence-electron chi connectivity index (χ1n) is 10.3. The van der Waals surface area contributed by atoms with Crippen LogP contribution in [0.15, 0.2) is 36.4 Å². The molecule has 0 bridgehead atoms. The van der Waals surface area contributed by atoms with Gasteiger partial charge in [-0.1, -0.05) is 11.3 Å². The van der Waals surface area contributed by atoms with E-state index in [-0.39, 0.29) is 12.0 Å². The molecule has 1 unspecified atom stereocenters. The van der Waals surface area contributed by atoms with E-state index >= 15 is 0 Å². The zero-order valence-electron chi connectivity index (χ0n) is 17.9. The Labute approximate surface area is 185 Å². The van der Waals surface area contributed by atoms with Crippen LogP contribution in [0.1, 0.15) is 30.1 Å². The van der Waals surface area contributed by atoms with E-state index in [1.54, 1.807) is 37.3 Å². The minimum absolute atomic E-state index is 0.00454. The summed E-state index contributed by atoms with van der Waals surface area (Å²) in [6.07, 6.45) is 1.92. The van der Waals surface area contributed by atoms with Crippen molar-refractivity contribution in [2.75, 3.05) is 38.9 Å². The third-order valence-electron chi connectivity index (χ3n) is 5.18. The maximum absolute atomic E-state index is 13.6. The number of benzene rings is 2. The predicted molar refractivity (Wildman–Crippen MR) is 121 cm³/mol. The number of methoxy groups -OCH3 is 2. The highest BCUT2D eigenvalue weighted by atomic mass is 32.1. The van der Waals surface area contributed by atoms with E-state index in [1.807, 2.05) is 25.1 Å². The van der Waals surface area contributed by atoms with Crippen molar-refractivity contribution in [2.45, 2.75) is 25.9 Å². The van der Waals surface area contributed by atoms with Crippen LogP contribution >= 0.6 is 11.3 Å². The molecule has 31 heavy (non-hydrogen) atoms. The standard InChI is InChI=1S/C23H26N2O5S/c1-4-29-16-8-9-18-21(13-16)31-23(24-18)25(14-17-6-5-11-30-17)22(26)15-7-10-19(27-2)20(12-15)28-3/h7-10,12-13,17H,4-6,11,14H2,1-3H3. The van der Waals surface area contributed by atoms with Gasteiger partial charge in [0.2, 0.25) is 0 Å². The summed E-state index contributed by atoms with van der Waals surface area (Å²) in [4.78, 5) is 20.0. The van der Waals surface area contributed by atoms with E-state index in [2.05, 4.69) is 0 Å². The van der Waals surface area contributed by atoms with Gasteiger partial charge in [-0.15, -0.1) is 0 Å². The molecule has 1 saturated heterocycles. The number of carbonyl (C=O) groups is 1. The molecule has 0 saturated carbocycles. The number of ether oxygens (including phenoxy) is 4. The lowest BCUT2D eigenvalue weighted by Crippen LogP contribution is -2.37. The molecule has 0 radical (unpaired) electrons. The Morgan fingerprint density at radius 3 is 2.74 bits per heavy atom. The third kappa shape index (κ3) is 4.60. The number of anilines is 1. The highest BCUT2D eigenvalue weighted by Gasteiger charge is 2.27. The molecule has 0 spiro atoms. The van der Waals surface area contributed by atoms with Crippen LogP contribution in [0.3, 0.4) is 0 Å². The fourth-order valence-corrected chi connectivity index (χ4v) is 4.63. The number of hydrogen-bond acceptors (Lipinski definition) is 7. The lowest BCUT2D eigenvalue weighted by Gasteiger charge is -2.23. The van der Waals surface area contributed by atoms with Gasteiger partial charge in [0.25, 0.3) is 5.91 Å². The minimum atomic E-state index is -0.152. The predicted octanol–water partition coefficient (Wildman–Crippen LogP) is 4.54. The Morgan fingerprint density at radius 2 is 2.03 bits per heavy atom. The van der Waals surface area contributed by atoms with Gasteiger partial charge < -0.3 is 18.9 Å². The molecule has 164 valence electrons. The van der Waals surface area contributed by atoms with Crippen molar-refractivity contribution < 1.29 is 23.7 Å². The molecule has 0 N–H and O–H groups in total. The number of hydrogen-bond donors (Lipinski definition) is 0. The Balaban J connectivity index is 1.70. The average molecular weight is 443 g/mol. The zero-order valence-corrected chi connectivity index (χ0v) is 18.7. The van der Waals surface area contributed by atoms with Gasteiger partial charge in [0, 0.05) is 12.2 Å². The summed E-state index contributed by atoms with van der Waals surface area (Å²) in [6.45, 7) is 3.72. The molecule has 1 atom stereocenters. The molecule has 1 aliphatic rings. The number of nitrogens with zero attached hydrogens (tertiary/aromatic N) is 2. The normalized spacial score (nSPS) is 15.8. The van der Waals surface area contributed by atoms with Gasteiger partial charge in [-0.05, 0) is 56.2 Å². The second-order valence-electron chi connectivity index (χ2n) is 7.18. The van der Waals surface area contributed by atoms with Crippen molar-refractivity contribution >= 4 is 32.6 Å². The molecule has 8 heteroatoms. The quantitative estimate of drug-likeness (QED) is 0.510. The molecule has 0 aliphatic carbocycles. The number of amides is 1. The summed E-state index contributed by atoms with van der Waals surface area (Å²) in [5, 5.41) is 0.638. The van der Waals surface area contributed by atoms with Gasteiger partial charge in [-0.3, -0.25) is 9.69 Å². The Morgan fingerprint density at radius 1 is 1.19 bits per heavy atom. The van der Waals surface area contributed by atoms with Crippen LogP contribution in [0.2, 0.25) is 0 Å². The van der Waals surface area contributed by atoms with Crippen molar-refractivity contribution in [1.29, 1.82) is 0 Å². The molecule has 7 nitrogen and oxygen atoms in total. The van der Waals surface area contributed by atoms with Crippen molar-refractivity contribution in [3.63, 3.8) is 0 Å². The molecule has 1 amide bonds. The maximum Gasteiger partial charge on any atom is 0.260 e. The minimum Gasteiger partial charge on any atom is -0.494 e. The third-order valence-corrected chi connectivity index (χ3v) is 6.22. The number of carbonyl (C=O) groups excluding carboxylic acids is 1. The van der Waals surface area contributed by atoms with Crippen molar-refractivity contribution in [3.05, 3.63) is 42.0 Å².